The highest BCUT2D eigenvalue weighted by Crippen LogP contribution is 2.36. The first-order valence-electron chi connectivity index (χ1n) is 6.45. The molecule has 18 heavy (non-hydrogen) atoms. The molecule has 0 aliphatic carbocycles. The Morgan fingerprint density at radius 2 is 1.83 bits per heavy atom. The molecule has 100 valence electrons. The first kappa shape index (κ1) is 15.1. The zero-order chi connectivity index (χ0) is 13.8. The minimum absolute atomic E-state index is 0.233. The number of hydrogen-bond acceptors (Lipinski definition) is 2. The van der Waals surface area contributed by atoms with Gasteiger partial charge in [-0.1, -0.05) is 45.0 Å². The van der Waals surface area contributed by atoms with Crippen molar-refractivity contribution in [3.05, 3.63) is 35.4 Å². The molecule has 0 N–H and O–H groups in total. The van der Waals surface area contributed by atoms with E-state index in [-0.39, 0.29) is 5.04 Å². The third kappa shape index (κ3) is 3.78. The molecule has 0 heterocycles. The van der Waals surface area contributed by atoms with Gasteiger partial charge in [0.1, 0.15) is 6.29 Å². The Labute approximate surface area is 111 Å². The highest BCUT2D eigenvalue weighted by Gasteiger charge is 2.36. The van der Waals surface area contributed by atoms with Gasteiger partial charge in [0.2, 0.25) is 0 Å². The standard InChI is InChI=1S/C15H24O2Si/c1-15(2,3)18(4,5)17-11-10-13-8-6-7-9-14(13)12-16/h6-9,12H,10-11H2,1-5H3. The van der Waals surface area contributed by atoms with Gasteiger partial charge in [0.15, 0.2) is 8.32 Å². The van der Waals surface area contributed by atoms with Gasteiger partial charge in [-0.25, -0.2) is 0 Å². The van der Waals surface area contributed by atoms with Gasteiger partial charge in [-0.2, -0.15) is 0 Å². The van der Waals surface area contributed by atoms with Gasteiger partial charge in [0, 0.05) is 12.2 Å². The highest BCUT2D eigenvalue weighted by molar-refractivity contribution is 6.74. The van der Waals surface area contributed by atoms with Crippen molar-refractivity contribution in [3.63, 3.8) is 0 Å². The van der Waals surface area contributed by atoms with Gasteiger partial charge >= 0.3 is 0 Å². The van der Waals surface area contributed by atoms with Crippen LogP contribution < -0.4 is 0 Å². The second-order valence-corrected chi connectivity index (χ2v) is 11.0. The molecule has 2 nitrogen and oxygen atoms in total. The minimum atomic E-state index is -1.67. The van der Waals surface area contributed by atoms with E-state index in [4.69, 9.17) is 4.43 Å². The molecule has 1 aromatic rings. The number of carbonyl (C=O) groups excluding carboxylic acids is 1. The summed E-state index contributed by atoms with van der Waals surface area (Å²) in [6.45, 7) is 11.9. The Hall–Kier alpha value is -0.933. The molecule has 0 radical (unpaired) electrons. The topological polar surface area (TPSA) is 26.3 Å². The molecule has 3 heteroatoms. The van der Waals surface area contributed by atoms with Crippen LogP contribution in [-0.4, -0.2) is 21.2 Å². The summed E-state index contributed by atoms with van der Waals surface area (Å²) in [4.78, 5) is 10.9. The van der Waals surface area contributed by atoms with E-state index in [0.717, 1.165) is 23.8 Å². The molecule has 0 unspecified atom stereocenters. The molecule has 0 bridgehead atoms. The summed E-state index contributed by atoms with van der Waals surface area (Å²) < 4.78 is 6.12. The fourth-order valence-corrected chi connectivity index (χ4v) is 2.55. The second-order valence-electron chi connectivity index (χ2n) is 6.18. The number of aldehydes is 1. The van der Waals surface area contributed by atoms with Crippen LogP contribution in [-0.2, 0) is 10.8 Å². The smallest absolute Gasteiger partial charge is 0.191 e. The summed E-state index contributed by atoms with van der Waals surface area (Å²) in [5.74, 6) is 0. The van der Waals surface area contributed by atoms with Crippen LogP contribution in [0, 0.1) is 0 Å². The third-order valence-corrected chi connectivity index (χ3v) is 8.36. The summed E-state index contributed by atoms with van der Waals surface area (Å²) in [7, 11) is -1.67. The Bertz CT molecular complexity index is 405. The van der Waals surface area contributed by atoms with E-state index in [9.17, 15) is 4.79 Å². The van der Waals surface area contributed by atoms with E-state index in [2.05, 4.69) is 33.9 Å². The Morgan fingerprint density at radius 3 is 2.39 bits per heavy atom. The summed E-state index contributed by atoms with van der Waals surface area (Å²) in [6.07, 6.45) is 1.73. The maximum Gasteiger partial charge on any atom is 0.191 e. The minimum Gasteiger partial charge on any atom is -0.416 e. The van der Waals surface area contributed by atoms with E-state index in [1.807, 2.05) is 24.3 Å². The Kier molecular flexibility index (Phi) is 4.88. The van der Waals surface area contributed by atoms with Crippen LogP contribution in [0.2, 0.25) is 18.1 Å². The molecule has 0 atom stereocenters. The third-order valence-electron chi connectivity index (χ3n) is 3.82. The van der Waals surface area contributed by atoms with Gasteiger partial charge in [-0.3, -0.25) is 4.79 Å². The Morgan fingerprint density at radius 1 is 1.22 bits per heavy atom. The maximum absolute atomic E-state index is 10.9. The molecule has 0 aromatic heterocycles. The predicted octanol–water partition coefficient (Wildman–Crippen LogP) is 4.06. The zero-order valence-corrected chi connectivity index (χ0v) is 13.1. The van der Waals surface area contributed by atoms with Crippen LogP contribution in [0.3, 0.4) is 0 Å². The summed E-state index contributed by atoms with van der Waals surface area (Å²) >= 11 is 0. The maximum atomic E-state index is 10.9. The monoisotopic (exact) mass is 264 g/mol. The summed E-state index contributed by atoms with van der Waals surface area (Å²) in [6, 6.07) is 7.71. The van der Waals surface area contributed by atoms with Crippen LogP contribution in [0.15, 0.2) is 24.3 Å². The lowest BCUT2D eigenvalue weighted by molar-refractivity contribution is 0.112. The summed E-state index contributed by atoms with van der Waals surface area (Å²) in [5.41, 5.74) is 1.85. The van der Waals surface area contributed by atoms with E-state index >= 15 is 0 Å². The normalized spacial score (nSPS) is 12.5. The van der Waals surface area contributed by atoms with Gasteiger partial charge in [0.05, 0.1) is 0 Å². The van der Waals surface area contributed by atoms with Crippen molar-refractivity contribution in [2.24, 2.45) is 0 Å². The predicted molar refractivity (Wildman–Crippen MR) is 78.7 cm³/mol. The average molecular weight is 264 g/mol. The van der Waals surface area contributed by atoms with Gasteiger partial charge in [-0.05, 0) is 30.1 Å². The van der Waals surface area contributed by atoms with Gasteiger partial charge in [0.25, 0.3) is 0 Å². The van der Waals surface area contributed by atoms with Crippen molar-refractivity contribution in [2.45, 2.75) is 45.3 Å². The molecule has 1 aromatic carbocycles. The fraction of sp³-hybridized carbons (Fsp3) is 0.533. The second kappa shape index (κ2) is 5.80. The van der Waals surface area contributed by atoms with Crippen LogP contribution in [0.25, 0.3) is 0 Å². The fourth-order valence-electron chi connectivity index (χ4n) is 1.51. The van der Waals surface area contributed by atoms with Crippen molar-refractivity contribution < 1.29 is 9.22 Å². The van der Waals surface area contributed by atoms with E-state index in [1.165, 1.54) is 0 Å². The lowest BCUT2D eigenvalue weighted by Crippen LogP contribution is -2.41. The Balaban J connectivity index is 2.59. The molecule has 0 saturated carbocycles. The van der Waals surface area contributed by atoms with Crippen molar-refractivity contribution in [3.8, 4) is 0 Å². The SMILES string of the molecule is CC(C)(C)[Si](C)(C)OCCc1ccccc1C=O. The lowest BCUT2D eigenvalue weighted by Gasteiger charge is -2.36. The first-order valence-corrected chi connectivity index (χ1v) is 9.36. The van der Waals surface area contributed by atoms with Gasteiger partial charge in [-0.15, -0.1) is 0 Å². The lowest BCUT2D eigenvalue weighted by atomic mass is 10.1. The first-order chi connectivity index (χ1) is 8.28. The molecular weight excluding hydrogens is 240 g/mol. The number of benzene rings is 1. The van der Waals surface area contributed by atoms with Gasteiger partial charge < -0.3 is 4.43 Å². The number of carbonyl (C=O) groups is 1. The molecule has 0 aliphatic rings. The molecule has 1 rings (SSSR count). The van der Waals surface area contributed by atoms with Crippen molar-refractivity contribution in [1.29, 1.82) is 0 Å². The van der Waals surface area contributed by atoms with E-state index < -0.39 is 8.32 Å². The highest BCUT2D eigenvalue weighted by atomic mass is 28.4. The van der Waals surface area contributed by atoms with Crippen LogP contribution in [0.5, 0.6) is 0 Å². The molecule has 0 aliphatic heterocycles. The van der Waals surface area contributed by atoms with Crippen LogP contribution >= 0.6 is 0 Å². The summed E-state index contributed by atoms with van der Waals surface area (Å²) in [5, 5.41) is 0.233. The molecular formula is C15H24O2Si. The quantitative estimate of drug-likeness (QED) is 0.592. The van der Waals surface area contributed by atoms with Crippen LogP contribution in [0.1, 0.15) is 36.7 Å². The molecule has 0 saturated heterocycles. The van der Waals surface area contributed by atoms with Crippen molar-refractivity contribution >= 4 is 14.6 Å². The molecule has 0 spiro atoms. The molecule has 0 fully saturated rings. The number of rotatable bonds is 5. The van der Waals surface area contributed by atoms with Crippen molar-refractivity contribution in [1.82, 2.24) is 0 Å². The van der Waals surface area contributed by atoms with Crippen molar-refractivity contribution in [2.75, 3.05) is 6.61 Å². The van der Waals surface area contributed by atoms with E-state index in [0.29, 0.717) is 6.61 Å². The largest absolute Gasteiger partial charge is 0.416 e. The molecule has 0 amide bonds. The van der Waals surface area contributed by atoms with Crippen LogP contribution in [0.4, 0.5) is 0 Å². The average Bonchev–Trinajstić information content (AvgIpc) is 2.28. The number of hydrogen-bond donors (Lipinski definition) is 0. The van der Waals surface area contributed by atoms with E-state index in [1.54, 1.807) is 0 Å². The zero-order valence-electron chi connectivity index (χ0n) is 12.1.